The molecule has 0 heterocycles. The summed E-state index contributed by atoms with van der Waals surface area (Å²) in [6.45, 7) is 1.82. The summed E-state index contributed by atoms with van der Waals surface area (Å²) in [5, 5.41) is 2.72. The number of rotatable bonds is 9. The fraction of sp³-hybridized carbons (Fsp3) is 0.350. The van der Waals surface area contributed by atoms with Gasteiger partial charge in [-0.15, -0.1) is 0 Å². The Hall–Kier alpha value is -2.61. The Labute approximate surface area is 165 Å². The van der Waals surface area contributed by atoms with E-state index in [0.29, 0.717) is 13.0 Å². The van der Waals surface area contributed by atoms with Crippen LogP contribution in [-0.4, -0.2) is 40.3 Å². The van der Waals surface area contributed by atoms with Gasteiger partial charge in [0.2, 0.25) is 15.9 Å². The molecule has 6 nitrogen and oxygen atoms in total. The molecule has 2 aromatic rings. The Balaban J connectivity index is 1.96. The van der Waals surface area contributed by atoms with Crippen LogP contribution in [0.25, 0.3) is 0 Å². The third kappa shape index (κ3) is 5.69. The van der Waals surface area contributed by atoms with Gasteiger partial charge in [-0.05, 0) is 49.6 Å². The van der Waals surface area contributed by atoms with Crippen LogP contribution in [0.4, 0.5) is 10.1 Å². The molecule has 0 unspecified atom stereocenters. The Morgan fingerprint density at radius 1 is 1.18 bits per heavy atom. The summed E-state index contributed by atoms with van der Waals surface area (Å²) in [4.78, 5) is 12.5. The average Bonchev–Trinajstić information content (AvgIpc) is 2.66. The minimum Gasteiger partial charge on any atom is -0.497 e. The number of nitrogens with zero attached hydrogens (tertiary/aromatic N) is 1. The van der Waals surface area contributed by atoms with Crippen molar-refractivity contribution in [3.05, 3.63) is 59.9 Å². The number of amides is 1. The quantitative estimate of drug-likeness (QED) is 0.648. The van der Waals surface area contributed by atoms with Crippen LogP contribution in [0.1, 0.15) is 18.9 Å². The summed E-state index contributed by atoms with van der Waals surface area (Å²) in [6.07, 6.45) is 2.39. The number of anilines is 1. The van der Waals surface area contributed by atoms with Gasteiger partial charge >= 0.3 is 0 Å². The first kappa shape index (κ1) is 21.7. The van der Waals surface area contributed by atoms with Crippen LogP contribution in [-0.2, 0) is 21.2 Å². The Bertz CT molecular complexity index is 901. The zero-order chi connectivity index (χ0) is 20.7. The van der Waals surface area contributed by atoms with Gasteiger partial charge in [-0.3, -0.25) is 9.10 Å². The third-order valence-electron chi connectivity index (χ3n) is 4.28. The summed E-state index contributed by atoms with van der Waals surface area (Å²) >= 11 is 0. The molecular weight excluding hydrogens is 383 g/mol. The van der Waals surface area contributed by atoms with Crippen LogP contribution in [0.15, 0.2) is 48.5 Å². The summed E-state index contributed by atoms with van der Waals surface area (Å²) in [5.41, 5.74) is 0.957. The Morgan fingerprint density at radius 3 is 2.39 bits per heavy atom. The lowest BCUT2D eigenvalue weighted by Gasteiger charge is -2.28. The smallest absolute Gasteiger partial charge is 0.243 e. The lowest BCUT2D eigenvalue weighted by molar-refractivity contribution is -0.121. The molecule has 28 heavy (non-hydrogen) atoms. The second-order valence-electron chi connectivity index (χ2n) is 6.43. The van der Waals surface area contributed by atoms with Gasteiger partial charge in [0.15, 0.2) is 0 Å². The lowest BCUT2D eigenvalue weighted by atomic mass is 10.1. The van der Waals surface area contributed by atoms with Crippen molar-refractivity contribution >= 4 is 21.6 Å². The number of para-hydroxylation sites is 1. The van der Waals surface area contributed by atoms with E-state index in [4.69, 9.17) is 4.74 Å². The molecule has 1 atom stereocenters. The molecule has 0 spiro atoms. The molecule has 0 bridgehead atoms. The van der Waals surface area contributed by atoms with Gasteiger partial charge in [-0.1, -0.05) is 24.3 Å². The zero-order valence-corrected chi connectivity index (χ0v) is 17.0. The van der Waals surface area contributed by atoms with E-state index in [1.807, 2.05) is 24.3 Å². The van der Waals surface area contributed by atoms with Crippen molar-refractivity contribution in [2.24, 2.45) is 0 Å². The first-order chi connectivity index (χ1) is 13.2. The van der Waals surface area contributed by atoms with E-state index >= 15 is 0 Å². The van der Waals surface area contributed by atoms with Gasteiger partial charge < -0.3 is 10.1 Å². The maximum Gasteiger partial charge on any atom is 0.243 e. The molecule has 1 amide bonds. The van der Waals surface area contributed by atoms with Gasteiger partial charge in [0, 0.05) is 6.54 Å². The highest BCUT2D eigenvalue weighted by molar-refractivity contribution is 7.92. The van der Waals surface area contributed by atoms with Crippen LogP contribution in [0.3, 0.4) is 0 Å². The van der Waals surface area contributed by atoms with Gasteiger partial charge in [-0.2, -0.15) is 0 Å². The monoisotopic (exact) mass is 408 g/mol. The highest BCUT2D eigenvalue weighted by Crippen LogP contribution is 2.24. The van der Waals surface area contributed by atoms with Crippen molar-refractivity contribution in [3.63, 3.8) is 0 Å². The lowest BCUT2D eigenvalue weighted by Crippen LogP contribution is -2.48. The number of nitrogens with one attached hydrogen (secondary N) is 1. The fourth-order valence-corrected chi connectivity index (χ4v) is 4.03. The number of aryl methyl sites for hydroxylation is 1. The topological polar surface area (TPSA) is 75.7 Å². The minimum atomic E-state index is -3.84. The number of methoxy groups -OCH3 is 1. The standard InChI is InChI=1S/C20H25FN2O4S/c1-15(23(28(3,25)26)19-9-5-4-8-18(19)21)20(24)22-14-6-7-16-10-12-17(27-2)13-11-16/h4-5,8-13,15H,6-7,14H2,1-3H3,(H,22,24)/t15-/m1/s1. The van der Waals surface area contributed by atoms with Crippen LogP contribution >= 0.6 is 0 Å². The number of benzene rings is 2. The fourth-order valence-electron chi connectivity index (χ4n) is 2.86. The molecule has 1 N–H and O–H groups in total. The molecular formula is C20H25FN2O4S. The predicted octanol–water partition coefficient (Wildman–Crippen LogP) is 2.74. The molecule has 2 rings (SSSR count). The SMILES string of the molecule is COc1ccc(CCCNC(=O)[C@@H](C)N(c2ccccc2F)S(C)(=O)=O)cc1. The van der Waals surface area contributed by atoms with E-state index in [-0.39, 0.29) is 5.69 Å². The van der Waals surface area contributed by atoms with Gasteiger partial charge in [0.25, 0.3) is 0 Å². The Kier molecular flexibility index (Phi) is 7.39. The van der Waals surface area contributed by atoms with Crippen molar-refractivity contribution in [2.75, 3.05) is 24.2 Å². The number of carbonyl (C=O) groups is 1. The number of carbonyl (C=O) groups excluding carboxylic acids is 1. The molecule has 0 fully saturated rings. The minimum absolute atomic E-state index is 0.147. The first-order valence-electron chi connectivity index (χ1n) is 8.88. The van der Waals surface area contributed by atoms with Crippen molar-refractivity contribution in [2.45, 2.75) is 25.8 Å². The maximum absolute atomic E-state index is 14.1. The molecule has 0 aliphatic carbocycles. The second kappa shape index (κ2) is 9.54. The van der Waals surface area contributed by atoms with E-state index in [2.05, 4.69) is 5.32 Å². The third-order valence-corrected chi connectivity index (χ3v) is 5.51. The van der Waals surface area contributed by atoms with Gasteiger partial charge in [0.1, 0.15) is 17.6 Å². The second-order valence-corrected chi connectivity index (χ2v) is 8.29. The zero-order valence-electron chi connectivity index (χ0n) is 16.2. The highest BCUT2D eigenvalue weighted by atomic mass is 32.2. The molecule has 0 aliphatic rings. The molecule has 8 heteroatoms. The average molecular weight is 408 g/mol. The van der Waals surface area contributed by atoms with E-state index in [1.165, 1.54) is 25.1 Å². The van der Waals surface area contributed by atoms with Crippen molar-refractivity contribution in [1.29, 1.82) is 0 Å². The summed E-state index contributed by atoms with van der Waals surface area (Å²) in [7, 11) is -2.24. The van der Waals surface area contributed by atoms with Crippen molar-refractivity contribution < 1.29 is 22.3 Å². The number of halogens is 1. The summed E-state index contributed by atoms with van der Waals surface area (Å²) in [6, 6.07) is 12.0. The molecule has 2 aromatic carbocycles. The Morgan fingerprint density at radius 2 is 1.82 bits per heavy atom. The number of hydrogen-bond donors (Lipinski definition) is 1. The largest absolute Gasteiger partial charge is 0.497 e. The maximum atomic E-state index is 14.1. The summed E-state index contributed by atoms with van der Waals surface area (Å²) in [5.74, 6) is -0.407. The normalized spacial score (nSPS) is 12.3. The number of ether oxygens (including phenoxy) is 1. The van der Waals surface area contributed by atoms with Crippen LogP contribution < -0.4 is 14.4 Å². The van der Waals surface area contributed by atoms with Crippen LogP contribution in [0, 0.1) is 5.82 Å². The van der Waals surface area contributed by atoms with Crippen LogP contribution in [0.5, 0.6) is 5.75 Å². The number of sulfonamides is 1. The van der Waals surface area contributed by atoms with Gasteiger partial charge in [0.05, 0.1) is 19.1 Å². The summed E-state index contributed by atoms with van der Waals surface area (Å²) < 4.78 is 44.3. The van der Waals surface area contributed by atoms with Crippen molar-refractivity contribution in [3.8, 4) is 5.75 Å². The molecule has 0 saturated heterocycles. The first-order valence-corrected chi connectivity index (χ1v) is 10.7. The molecule has 0 aromatic heterocycles. The van der Waals surface area contributed by atoms with Crippen molar-refractivity contribution in [1.82, 2.24) is 5.32 Å². The molecule has 0 saturated carbocycles. The van der Waals surface area contributed by atoms with E-state index in [9.17, 15) is 17.6 Å². The van der Waals surface area contributed by atoms with E-state index in [0.717, 1.165) is 34.4 Å². The van der Waals surface area contributed by atoms with Gasteiger partial charge in [-0.25, -0.2) is 12.8 Å². The molecule has 0 aliphatic heterocycles. The molecule has 0 radical (unpaired) electrons. The van der Waals surface area contributed by atoms with E-state index < -0.39 is 27.8 Å². The number of hydrogen-bond acceptors (Lipinski definition) is 4. The molecule has 152 valence electrons. The highest BCUT2D eigenvalue weighted by Gasteiger charge is 2.30. The predicted molar refractivity (Wildman–Crippen MR) is 108 cm³/mol. The van der Waals surface area contributed by atoms with Crippen LogP contribution in [0.2, 0.25) is 0 Å². The van der Waals surface area contributed by atoms with E-state index in [1.54, 1.807) is 7.11 Å².